The van der Waals surface area contributed by atoms with E-state index >= 15 is 0 Å². The lowest BCUT2D eigenvalue weighted by Crippen LogP contribution is -2.63. The highest BCUT2D eigenvalue weighted by molar-refractivity contribution is 7.88. The van der Waals surface area contributed by atoms with Gasteiger partial charge in [-0.3, -0.25) is 0 Å². The molecule has 0 bridgehead atoms. The molecule has 0 amide bonds. The van der Waals surface area contributed by atoms with Crippen LogP contribution in [0.15, 0.2) is 48.5 Å². The van der Waals surface area contributed by atoms with Gasteiger partial charge < -0.3 is 8.37 Å². The van der Waals surface area contributed by atoms with Gasteiger partial charge in [0.25, 0.3) is 0 Å². The van der Waals surface area contributed by atoms with Crippen LogP contribution in [0.25, 0.3) is 0 Å². The first kappa shape index (κ1) is 41.8. The van der Waals surface area contributed by atoms with Crippen LogP contribution in [0, 0.1) is 0 Å². The van der Waals surface area contributed by atoms with Gasteiger partial charge >= 0.3 is 66.8 Å². The van der Waals surface area contributed by atoms with Crippen molar-refractivity contribution in [2.45, 2.75) is 65.8 Å². The number of halogens is 18. The van der Waals surface area contributed by atoms with Gasteiger partial charge in [0.15, 0.2) is 0 Å². The first-order valence-electron chi connectivity index (χ1n) is 11.9. The predicted molar refractivity (Wildman–Crippen MR) is 126 cm³/mol. The van der Waals surface area contributed by atoms with Crippen molar-refractivity contribution in [3.05, 3.63) is 59.7 Å². The van der Waals surface area contributed by atoms with Crippen LogP contribution in [0.1, 0.15) is 25.0 Å². The molecule has 0 saturated heterocycles. The molecule has 2 rings (SSSR count). The van der Waals surface area contributed by atoms with Crippen molar-refractivity contribution in [2.75, 3.05) is 0 Å². The maximum atomic E-state index is 13.9. The summed E-state index contributed by atoms with van der Waals surface area (Å²) in [6.07, 6.45) is -14.7. The second-order valence-corrected chi connectivity index (χ2v) is 13.3. The third-order valence-corrected chi connectivity index (χ3v) is 9.02. The topological polar surface area (TPSA) is 86.7 Å². The third-order valence-electron chi connectivity index (χ3n) is 6.42. The van der Waals surface area contributed by atoms with Crippen molar-refractivity contribution < 1.29 is 104 Å². The lowest BCUT2D eigenvalue weighted by Gasteiger charge is -2.32. The minimum absolute atomic E-state index is 0.0696. The Morgan fingerprint density at radius 3 is 0.837 bits per heavy atom. The second-order valence-electron chi connectivity index (χ2n) is 10.1. The van der Waals surface area contributed by atoms with Gasteiger partial charge in [0.2, 0.25) is 0 Å². The molecule has 280 valence electrons. The average molecular weight is 792 g/mol. The molecule has 6 nitrogen and oxygen atoms in total. The van der Waals surface area contributed by atoms with E-state index in [2.05, 4.69) is 8.37 Å². The zero-order valence-electron chi connectivity index (χ0n) is 23.2. The fourth-order valence-electron chi connectivity index (χ4n) is 3.41. The molecule has 0 N–H and O–H groups in total. The molecule has 0 aliphatic heterocycles. The van der Waals surface area contributed by atoms with Crippen LogP contribution in [0.3, 0.4) is 0 Å². The van der Waals surface area contributed by atoms with Gasteiger partial charge in [-0.15, -0.1) is 0 Å². The monoisotopic (exact) mass is 792 g/mol. The Labute approximate surface area is 261 Å². The summed E-state index contributed by atoms with van der Waals surface area (Å²) in [6.45, 7) is 2.49. The molecule has 0 radical (unpaired) electrons. The van der Waals surface area contributed by atoms with E-state index in [1.165, 1.54) is 13.8 Å². The molecular formula is C23H14F18O6S2. The zero-order chi connectivity index (χ0) is 38.9. The number of benzene rings is 2. The highest BCUT2D eigenvalue weighted by Gasteiger charge is 2.87. The quantitative estimate of drug-likeness (QED) is 0.159. The molecule has 2 aromatic carbocycles. The van der Waals surface area contributed by atoms with Gasteiger partial charge in [-0.05, 0) is 35.4 Å². The average Bonchev–Trinajstić information content (AvgIpc) is 2.91. The van der Waals surface area contributed by atoms with Crippen LogP contribution in [0.5, 0.6) is 11.5 Å². The van der Waals surface area contributed by atoms with E-state index in [4.69, 9.17) is 0 Å². The molecule has 49 heavy (non-hydrogen) atoms. The van der Waals surface area contributed by atoms with Crippen molar-refractivity contribution in [3.8, 4) is 11.5 Å². The van der Waals surface area contributed by atoms with Crippen molar-refractivity contribution in [3.63, 3.8) is 0 Å². The molecule has 0 spiro atoms. The van der Waals surface area contributed by atoms with Crippen LogP contribution in [-0.2, 0) is 25.7 Å². The summed E-state index contributed by atoms with van der Waals surface area (Å²) in [7, 11) is -14.6. The summed E-state index contributed by atoms with van der Waals surface area (Å²) in [5, 5.41) is -14.3. The van der Waals surface area contributed by atoms with E-state index in [0.29, 0.717) is 24.3 Å². The third kappa shape index (κ3) is 6.64. The molecule has 0 fully saturated rings. The summed E-state index contributed by atoms with van der Waals surface area (Å²) >= 11 is 0. The van der Waals surface area contributed by atoms with Crippen LogP contribution < -0.4 is 8.37 Å². The summed E-state index contributed by atoms with van der Waals surface area (Å²) in [5.74, 6) is -33.0. The van der Waals surface area contributed by atoms with Crippen LogP contribution in [-0.4, -0.2) is 63.4 Å². The van der Waals surface area contributed by atoms with Crippen LogP contribution in [0.4, 0.5) is 79.0 Å². The molecule has 0 aromatic heterocycles. The molecule has 2 aromatic rings. The second kappa shape index (κ2) is 11.9. The summed E-state index contributed by atoms with van der Waals surface area (Å²) < 4.78 is 290. The van der Waals surface area contributed by atoms with E-state index < -0.39 is 83.7 Å². The normalized spacial score (nSPS) is 15.3. The summed E-state index contributed by atoms with van der Waals surface area (Å²) in [6, 6.07) is 4.71. The van der Waals surface area contributed by atoms with E-state index in [-0.39, 0.29) is 11.1 Å². The Hall–Kier alpha value is -3.32. The van der Waals surface area contributed by atoms with Crippen LogP contribution >= 0.6 is 0 Å². The molecule has 0 unspecified atom stereocenters. The van der Waals surface area contributed by atoms with Gasteiger partial charge in [-0.1, -0.05) is 38.1 Å². The molecule has 0 atom stereocenters. The van der Waals surface area contributed by atoms with Crippen molar-refractivity contribution >= 4 is 20.2 Å². The fourth-order valence-corrected chi connectivity index (χ4v) is 5.24. The summed E-state index contributed by atoms with van der Waals surface area (Å²) in [5.41, 5.74) is -1.61. The minimum Gasteiger partial charge on any atom is -0.378 e. The first-order chi connectivity index (χ1) is 21.4. The highest BCUT2D eigenvalue weighted by Crippen LogP contribution is 2.56. The van der Waals surface area contributed by atoms with Gasteiger partial charge in [-0.25, -0.2) is 0 Å². The van der Waals surface area contributed by atoms with Crippen LogP contribution in [0.2, 0.25) is 0 Å². The molecule has 26 heteroatoms. The Kier molecular flexibility index (Phi) is 10.2. The lowest BCUT2D eigenvalue weighted by atomic mass is 9.78. The van der Waals surface area contributed by atoms with E-state index in [0.717, 1.165) is 24.3 Å². The number of alkyl halides is 18. The summed E-state index contributed by atoms with van der Waals surface area (Å²) in [4.78, 5) is 0. The Bertz CT molecular complexity index is 1600. The van der Waals surface area contributed by atoms with E-state index in [1.807, 2.05) is 0 Å². The number of rotatable bonds is 12. The molecule has 0 heterocycles. The van der Waals surface area contributed by atoms with Crippen molar-refractivity contribution in [1.82, 2.24) is 0 Å². The predicted octanol–water partition coefficient (Wildman–Crippen LogP) is 8.28. The minimum atomic E-state index is -7.58. The largest absolute Gasteiger partial charge is 0.460 e. The van der Waals surface area contributed by atoms with Gasteiger partial charge in [0.1, 0.15) is 11.5 Å². The van der Waals surface area contributed by atoms with E-state index in [1.54, 1.807) is 0 Å². The van der Waals surface area contributed by atoms with Gasteiger partial charge in [-0.2, -0.15) is 95.9 Å². The maximum Gasteiger partial charge on any atom is 0.460 e. The maximum absolute atomic E-state index is 13.9. The van der Waals surface area contributed by atoms with Crippen molar-refractivity contribution in [2.24, 2.45) is 0 Å². The van der Waals surface area contributed by atoms with E-state index in [9.17, 15) is 95.9 Å². The molecule has 0 aliphatic carbocycles. The van der Waals surface area contributed by atoms with Gasteiger partial charge in [0.05, 0.1) is 0 Å². The molecular weight excluding hydrogens is 778 g/mol. The van der Waals surface area contributed by atoms with Gasteiger partial charge in [0, 0.05) is 5.41 Å². The lowest BCUT2D eigenvalue weighted by molar-refractivity contribution is -0.382. The highest BCUT2D eigenvalue weighted by atomic mass is 32.2. The zero-order valence-corrected chi connectivity index (χ0v) is 24.8. The number of hydrogen-bond donors (Lipinski definition) is 0. The molecule has 0 saturated carbocycles. The SMILES string of the molecule is CC(C)(c1ccc(OS(=O)(=O)C(F)(F)C(F)(F)C(F)(F)C(F)(F)F)cc1)c1ccc(OS(=O)(=O)C(F)(F)C(F)(F)C(F)(F)C(F)(F)F)cc1. The van der Waals surface area contributed by atoms with Crippen molar-refractivity contribution in [1.29, 1.82) is 0 Å². The smallest absolute Gasteiger partial charge is 0.378 e. The Balaban J connectivity index is 2.35. The standard InChI is InChI=1S/C23H14F18O6S2/c1-15(2,11-3-7-13(8-4-11)46-48(42,43)22(38,39)18(28,29)16(24,25)20(32,33)34)12-5-9-14(10-6-12)47-49(44,45)23(40,41)19(30,31)17(26,27)21(35,36)37/h3-10H,1-2H3. The first-order valence-corrected chi connectivity index (χ1v) is 14.7. The fraction of sp³-hybridized carbons (Fsp3) is 0.478. The Morgan fingerprint density at radius 1 is 0.408 bits per heavy atom. The number of hydrogen-bond acceptors (Lipinski definition) is 6. The Morgan fingerprint density at radius 2 is 0.633 bits per heavy atom. The molecule has 0 aliphatic rings.